The minimum Gasteiger partial charge on any atom is -0.333 e. The molecule has 3 aromatic rings. The fraction of sp³-hybridized carbons (Fsp3) is 0.200. The van der Waals surface area contributed by atoms with Crippen LogP contribution in [0.25, 0.3) is 0 Å². The molecule has 0 saturated heterocycles. The predicted molar refractivity (Wildman–Crippen MR) is 112 cm³/mol. The molecule has 2 aromatic carbocycles. The molecule has 1 N–H and O–H groups in total. The van der Waals surface area contributed by atoms with E-state index in [1.807, 2.05) is 25.1 Å². The smallest absolute Gasteiger partial charge is 0.333 e. The summed E-state index contributed by atoms with van der Waals surface area (Å²) in [6.07, 6.45) is -3.50. The van der Waals surface area contributed by atoms with E-state index in [4.69, 9.17) is 11.6 Å². The van der Waals surface area contributed by atoms with Crippen molar-refractivity contribution in [2.75, 3.05) is 16.8 Å². The third kappa shape index (κ3) is 4.85. The summed E-state index contributed by atoms with van der Waals surface area (Å²) in [5.74, 6) is -0.277. The molecule has 0 amide bonds. The average Bonchev–Trinajstić information content (AvgIpc) is 2.69. The molecule has 0 fully saturated rings. The number of nitrogens with one attached hydrogen (secondary N) is 1. The van der Waals surface area contributed by atoms with Crippen molar-refractivity contribution in [1.29, 1.82) is 0 Å². The van der Waals surface area contributed by atoms with Crippen molar-refractivity contribution in [3.63, 3.8) is 0 Å². The first-order valence-corrected chi connectivity index (χ1v) is 9.47. The summed E-state index contributed by atoms with van der Waals surface area (Å²) in [6, 6.07) is 9.96. The number of anilines is 4. The van der Waals surface area contributed by atoms with Crippen molar-refractivity contribution in [3.8, 4) is 0 Å². The fourth-order valence-electron chi connectivity index (χ4n) is 3.00. The van der Waals surface area contributed by atoms with Crippen molar-refractivity contribution in [2.45, 2.75) is 20.0 Å². The van der Waals surface area contributed by atoms with Crippen LogP contribution in [0.15, 0.2) is 48.8 Å². The minimum atomic E-state index is -4.60. The standard InChI is InChI=1S/C20H17ClF3N5O2/c1-3-28(14-6-4-5-12(2)9-14)19-17(29(30)31)18(25-11-26-19)27-16-10-13(20(22,23)24)7-8-15(16)21/h4-11H,3H2,1-2H3,(H,25,26,27). The highest BCUT2D eigenvalue weighted by Gasteiger charge is 2.32. The van der Waals surface area contributed by atoms with Crippen LogP contribution in [0.5, 0.6) is 0 Å². The number of hydrogen-bond donors (Lipinski definition) is 1. The van der Waals surface area contributed by atoms with E-state index < -0.39 is 22.4 Å². The first kappa shape index (κ1) is 22.3. The summed E-state index contributed by atoms with van der Waals surface area (Å²) in [4.78, 5) is 20.8. The normalized spacial score (nSPS) is 11.3. The molecular formula is C20H17ClF3N5O2. The fourth-order valence-corrected chi connectivity index (χ4v) is 3.17. The molecule has 0 spiro atoms. The lowest BCUT2D eigenvalue weighted by atomic mass is 10.2. The summed E-state index contributed by atoms with van der Waals surface area (Å²) in [5.41, 5.74) is 0.0163. The maximum absolute atomic E-state index is 13.1. The van der Waals surface area contributed by atoms with Gasteiger partial charge >= 0.3 is 11.9 Å². The van der Waals surface area contributed by atoms with Crippen molar-refractivity contribution >= 4 is 40.3 Å². The zero-order chi connectivity index (χ0) is 22.8. The number of nitrogens with zero attached hydrogens (tertiary/aromatic N) is 4. The van der Waals surface area contributed by atoms with Gasteiger partial charge in [0.05, 0.1) is 21.2 Å². The van der Waals surface area contributed by atoms with Crippen molar-refractivity contribution < 1.29 is 18.1 Å². The quantitative estimate of drug-likeness (QED) is 0.351. The molecule has 7 nitrogen and oxygen atoms in total. The summed E-state index contributed by atoms with van der Waals surface area (Å²) >= 11 is 6.02. The van der Waals surface area contributed by atoms with Gasteiger partial charge in [0.25, 0.3) is 0 Å². The van der Waals surface area contributed by atoms with Gasteiger partial charge in [0.15, 0.2) is 0 Å². The van der Waals surface area contributed by atoms with Gasteiger partial charge in [-0.15, -0.1) is 0 Å². The Labute approximate surface area is 180 Å². The molecule has 0 radical (unpaired) electrons. The second kappa shape index (κ2) is 8.76. The first-order chi connectivity index (χ1) is 14.6. The molecule has 11 heteroatoms. The third-order valence-corrected chi connectivity index (χ3v) is 4.75. The van der Waals surface area contributed by atoms with E-state index >= 15 is 0 Å². The van der Waals surface area contributed by atoms with Gasteiger partial charge in [0, 0.05) is 12.2 Å². The lowest BCUT2D eigenvalue weighted by Crippen LogP contribution is -2.20. The third-order valence-electron chi connectivity index (χ3n) is 4.42. The first-order valence-electron chi connectivity index (χ1n) is 9.09. The van der Waals surface area contributed by atoms with E-state index in [1.54, 1.807) is 17.9 Å². The van der Waals surface area contributed by atoms with Gasteiger partial charge in [-0.2, -0.15) is 13.2 Å². The lowest BCUT2D eigenvalue weighted by molar-refractivity contribution is -0.383. The lowest BCUT2D eigenvalue weighted by Gasteiger charge is -2.22. The van der Waals surface area contributed by atoms with Crippen LogP contribution in [0.3, 0.4) is 0 Å². The highest BCUT2D eigenvalue weighted by Crippen LogP contribution is 2.39. The Kier molecular flexibility index (Phi) is 6.30. The maximum atomic E-state index is 13.1. The Morgan fingerprint density at radius 2 is 1.94 bits per heavy atom. The molecule has 0 bridgehead atoms. The van der Waals surface area contributed by atoms with E-state index in [-0.39, 0.29) is 22.3 Å². The van der Waals surface area contributed by atoms with Crippen LogP contribution < -0.4 is 10.2 Å². The van der Waals surface area contributed by atoms with Crippen LogP contribution in [0.1, 0.15) is 18.1 Å². The van der Waals surface area contributed by atoms with E-state index in [9.17, 15) is 23.3 Å². The molecule has 0 unspecified atom stereocenters. The highest BCUT2D eigenvalue weighted by molar-refractivity contribution is 6.33. The molecule has 162 valence electrons. The van der Waals surface area contributed by atoms with E-state index in [1.165, 1.54) is 0 Å². The number of rotatable bonds is 6. The van der Waals surface area contributed by atoms with Crippen LogP contribution in [0, 0.1) is 17.0 Å². The van der Waals surface area contributed by atoms with E-state index in [0.717, 1.165) is 30.1 Å². The van der Waals surface area contributed by atoms with Crippen LogP contribution >= 0.6 is 11.6 Å². The summed E-state index contributed by atoms with van der Waals surface area (Å²) in [5, 5.41) is 14.4. The van der Waals surface area contributed by atoms with Crippen molar-refractivity contribution in [3.05, 3.63) is 75.1 Å². The molecule has 0 saturated carbocycles. The Balaban J connectivity index is 2.11. The molecule has 0 aliphatic rings. The molecular weight excluding hydrogens is 435 g/mol. The van der Waals surface area contributed by atoms with Gasteiger partial charge in [-0.05, 0) is 49.7 Å². The molecule has 1 aromatic heterocycles. The van der Waals surface area contributed by atoms with Gasteiger partial charge in [-0.1, -0.05) is 23.7 Å². The zero-order valence-corrected chi connectivity index (χ0v) is 17.2. The SMILES string of the molecule is CCN(c1cccc(C)c1)c1ncnc(Nc2cc(C(F)(F)F)ccc2Cl)c1[N+](=O)[O-]. The molecule has 0 atom stereocenters. The summed E-state index contributed by atoms with van der Waals surface area (Å²) < 4.78 is 39.2. The van der Waals surface area contributed by atoms with Gasteiger partial charge in [-0.25, -0.2) is 9.97 Å². The summed E-state index contributed by atoms with van der Waals surface area (Å²) in [6.45, 7) is 4.03. The number of halogens is 4. The van der Waals surface area contributed by atoms with Gasteiger partial charge < -0.3 is 10.2 Å². The van der Waals surface area contributed by atoms with Crippen LogP contribution in [-0.2, 0) is 6.18 Å². The van der Waals surface area contributed by atoms with Crippen LogP contribution in [0.4, 0.5) is 41.9 Å². The second-order valence-electron chi connectivity index (χ2n) is 6.55. The molecule has 0 aliphatic heterocycles. The Bertz CT molecular complexity index is 1120. The highest BCUT2D eigenvalue weighted by atomic mass is 35.5. The number of hydrogen-bond acceptors (Lipinski definition) is 6. The van der Waals surface area contributed by atoms with E-state index in [2.05, 4.69) is 15.3 Å². The zero-order valence-electron chi connectivity index (χ0n) is 16.4. The van der Waals surface area contributed by atoms with E-state index in [0.29, 0.717) is 12.2 Å². The number of benzene rings is 2. The van der Waals surface area contributed by atoms with Crippen molar-refractivity contribution in [2.24, 2.45) is 0 Å². The second-order valence-corrected chi connectivity index (χ2v) is 6.96. The molecule has 31 heavy (non-hydrogen) atoms. The van der Waals surface area contributed by atoms with Gasteiger partial charge in [0.1, 0.15) is 6.33 Å². The van der Waals surface area contributed by atoms with Crippen molar-refractivity contribution in [1.82, 2.24) is 9.97 Å². The van der Waals surface area contributed by atoms with Gasteiger partial charge in [-0.3, -0.25) is 10.1 Å². The van der Waals surface area contributed by atoms with Crippen LogP contribution in [0.2, 0.25) is 5.02 Å². The monoisotopic (exact) mass is 451 g/mol. The topological polar surface area (TPSA) is 84.2 Å². The summed E-state index contributed by atoms with van der Waals surface area (Å²) in [7, 11) is 0. The molecule has 1 heterocycles. The predicted octanol–water partition coefficient (Wildman–Crippen LogP) is 6.27. The average molecular weight is 452 g/mol. The number of aromatic nitrogens is 2. The minimum absolute atomic E-state index is 0.00121. The Morgan fingerprint density at radius 3 is 2.55 bits per heavy atom. The number of aryl methyl sites for hydroxylation is 1. The van der Waals surface area contributed by atoms with Crippen LogP contribution in [-0.4, -0.2) is 21.4 Å². The van der Waals surface area contributed by atoms with Gasteiger partial charge in [0.2, 0.25) is 11.6 Å². The molecule has 0 aliphatic carbocycles. The maximum Gasteiger partial charge on any atom is 0.416 e. The molecule has 3 rings (SSSR count). The Morgan fingerprint density at radius 1 is 1.19 bits per heavy atom. The largest absolute Gasteiger partial charge is 0.416 e. The Hall–Kier alpha value is -3.40. The number of nitro groups is 1. The number of alkyl halides is 3.